The van der Waals surface area contributed by atoms with Crippen LogP contribution in [0.25, 0.3) is 0 Å². The Hall–Kier alpha value is -2.78. The number of rotatable bonds is 4. The lowest BCUT2D eigenvalue weighted by Gasteiger charge is -2.34. The fraction of sp³-hybridized carbons (Fsp3) is 0.409. The zero-order chi connectivity index (χ0) is 22.9. The summed E-state index contributed by atoms with van der Waals surface area (Å²) in [5, 5.41) is 0. The van der Waals surface area contributed by atoms with E-state index in [2.05, 4.69) is 9.72 Å². The van der Waals surface area contributed by atoms with Gasteiger partial charge >= 0.3 is 5.97 Å². The number of amides is 1. The van der Waals surface area contributed by atoms with Crippen molar-refractivity contribution >= 4 is 21.9 Å². The summed E-state index contributed by atoms with van der Waals surface area (Å²) in [7, 11) is -2.44. The van der Waals surface area contributed by atoms with Crippen LogP contribution in [0.3, 0.4) is 0 Å². The number of carbonyl (C=O) groups excluding carboxylic acids is 2. The summed E-state index contributed by atoms with van der Waals surface area (Å²) in [6.07, 6.45) is 0. The Morgan fingerprint density at radius 1 is 0.935 bits per heavy atom. The SMILES string of the molecule is COC(=O)c1cccc(C(=O)N2CCN(S(=O)(=O)c3c(C)c(C)cc(C)c3C)CC2)n1. The zero-order valence-electron chi connectivity index (χ0n) is 18.4. The van der Waals surface area contributed by atoms with Gasteiger partial charge in [0.05, 0.1) is 12.0 Å². The summed E-state index contributed by atoms with van der Waals surface area (Å²) in [6, 6.07) is 6.57. The van der Waals surface area contributed by atoms with E-state index in [-0.39, 0.29) is 43.5 Å². The molecule has 0 N–H and O–H groups in total. The van der Waals surface area contributed by atoms with Crippen molar-refractivity contribution in [2.45, 2.75) is 32.6 Å². The predicted octanol–water partition coefficient (Wildman–Crippen LogP) is 2.25. The minimum absolute atomic E-state index is 0.0512. The molecule has 0 aliphatic carbocycles. The van der Waals surface area contributed by atoms with E-state index in [9.17, 15) is 18.0 Å². The van der Waals surface area contributed by atoms with Crippen molar-refractivity contribution in [3.63, 3.8) is 0 Å². The molecule has 0 unspecified atom stereocenters. The first kappa shape index (κ1) is 22.9. The molecule has 2 aromatic rings. The third-order valence-corrected chi connectivity index (χ3v) is 7.96. The van der Waals surface area contributed by atoms with E-state index in [1.165, 1.54) is 23.5 Å². The Labute approximate surface area is 182 Å². The fourth-order valence-electron chi connectivity index (χ4n) is 3.76. The number of nitrogens with zero attached hydrogens (tertiary/aromatic N) is 3. The Morgan fingerprint density at radius 3 is 2.03 bits per heavy atom. The molecule has 0 saturated carbocycles. The van der Waals surface area contributed by atoms with Crippen molar-refractivity contribution in [2.24, 2.45) is 0 Å². The maximum atomic E-state index is 13.4. The van der Waals surface area contributed by atoms with Crippen molar-refractivity contribution in [2.75, 3.05) is 33.3 Å². The number of hydrogen-bond donors (Lipinski definition) is 0. The van der Waals surface area contributed by atoms with Crippen LogP contribution in [-0.4, -0.2) is 67.8 Å². The molecule has 3 rings (SSSR count). The number of pyridine rings is 1. The molecule has 1 aromatic heterocycles. The van der Waals surface area contributed by atoms with Crippen LogP contribution in [-0.2, 0) is 14.8 Å². The summed E-state index contributed by atoms with van der Waals surface area (Å²) < 4.78 is 32.9. The summed E-state index contributed by atoms with van der Waals surface area (Å²) in [5.74, 6) is -0.966. The Kier molecular flexibility index (Phi) is 6.47. The number of benzene rings is 1. The molecule has 8 nitrogen and oxygen atoms in total. The molecule has 0 atom stereocenters. The monoisotopic (exact) mass is 445 g/mol. The van der Waals surface area contributed by atoms with E-state index in [1.54, 1.807) is 11.0 Å². The van der Waals surface area contributed by atoms with Gasteiger partial charge in [-0.05, 0) is 62.1 Å². The van der Waals surface area contributed by atoms with Gasteiger partial charge in [-0.25, -0.2) is 18.2 Å². The van der Waals surface area contributed by atoms with Gasteiger partial charge in [0.15, 0.2) is 0 Å². The normalized spacial score (nSPS) is 15.1. The third-order valence-electron chi connectivity index (χ3n) is 5.78. The van der Waals surface area contributed by atoms with Gasteiger partial charge in [0, 0.05) is 26.2 Å². The number of carbonyl (C=O) groups is 2. The van der Waals surface area contributed by atoms with Gasteiger partial charge in [-0.3, -0.25) is 4.79 Å². The molecular formula is C22H27N3O5S. The standard InChI is InChI=1S/C22H27N3O5S/c1-14-13-15(2)17(4)20(16(14)3)31(28,29)25-11-9-24(10-12-25)21(26)18-7-6-8-19(23-18)22(27)30-5/h6-8,13H,9-12H2,1-5H3. The topological polar surface area (TPSA) is 96.9 Å². The minimum Gasteiger partial charge on any atom is -0.464 e. The smallest absolute Gasteiger partial charge is 0.356 e. The molecule has 0 radical (unpaired) electrons. The van der Waals surface area contributed by atoms with E-state index in [0.717, 1.165) is 22.3 Å². The average molecular weight is 446 g/mol. The maximum absolute atomic E-state index is 13.4. The van der Waals surface area contributed by atoms with Gasteiger partial charge in [-0.2, -0.15) is 4.31 Å². The highest BCUT2D eigenvalue weighted by Gasteiger charge is 2.33. The van der Waals surface area contributed by atoms with Crippen LogP contribution in [0.5, 0.6) is 0 Å². The van der Waals surface area contributed by atoms with Crippen LogP contribution >= 0.6 is 0 Å². The number of esters is 1. The molecular weight excluding hydrogens is 418 g/mol. The summed E-state index contributed by atoms with van der Waals surface area (Å²) >= 11 is 0. The van der Waals surface area contributed by atoms with Crippen LogP contribution in [0.2, 0.25) is 0 Å². The second-order valence-corrected chi connectivity index (χ2v) is 9.56. The molecule has 1 aromatic carbocycles. The number of piperazine rings is 1. The number of ether oxygens (including phenoxy) is 1. The molecule has 166 valence electrons. The first-order chi connectivity index (χ1) is 14.6. The van der Waals surface area contributed by atoms with E-state index in [4.69, 9.17) is 0 Å². The highest BCUT2D eigenvalue weighted by Crippen LogP contribution is 2.29. The lowest BCUT2D eigenvalue weighted by Crippen LogP contribution is -2.50. The van der Waals surface area contributed by atoms with Gasteiger partial charge in [0.25, 0.3) is 5.91 Å². The van der Waals surface area contributed by atoms with Gasteiger partial charge in [-0.15, -0.1) is 0 Å². The Bertz CT molecular complexity index is 1110. The van der Waals surface area contributed by atoms with Gasteiger partial charge in [0.2, 0.25) is 10.0 Å². The largest absolute Gasteiger partial charge is 0.464 e. The molecule has 1 saturated heterocycles. The van der Waals surface area contributed by atoms with Crippen LogP contribution < -0.4 is 0 Å². The summed E-state index contributed by atoms with van der Waals surface area (Å²) in [5.41, 5.74) is 3.56. The lowest BCUT2D eigenvalue weighted by atomic mass is 10.0. The molecule has 1 fully saturated rings. The third kappa shape index (κ3) is 4.33. The summed E-state index contributed by atoms with van der Waals surface area (Å²) in [4.78, 5) is 30.5. The molecule has 2 heterocycles. The van der Waals surface area contributed by atoms with Crippen LogP contribution in [0, 0.1) is 27.7 Å². The molecule has 0 bridgehead atoms. The van der Waals surface area contributed by atoms with Crippen LogP contribution in [0.4, 0.5) is 0 Å². The highest BCUT2D eigenvalue weighted by atomic mass is 32.2. The van der Waals surface area contributed by atoms with Crippen LogP contribution in [0.15, 0.2) is 29.2 Å². The molecule has 1 amide bonds. The Morgan fingerprint density at radius 2 is 1.48 bits per heavy atom. The van der Waals surface area contributed by atoms with Gasteiger partial charge in [-0.1, -0.05) is 12.1 Å². The lowest BCUT2D eigenvalue weighted by molar-refractivity contribution is 0.0593. The molecule has 0 spiro atoms. The van der Waals surface area contributed by atoms with E-state index in [1.807, 2.05) is 33.8 Å². The quantitative estimate of drug-likeness (QED) is 0.670. The maximum Gasteiger partial charge on any atom is 0.356 e. The number of aromatic nitrogens is 1. The minimum atomic E-state index is -3.68. The van der Waals surface area contributed by atoms with Crippen molar-refractivity contribution in [3.8, 4) is 0 Å². The van der Waals surface area contributed by atoms with E-state index in [0.29, 0.717) is 4.90 Å². The number of aryl methyl sites for hydroxylation is 2. The van der Waals surface area contributed by atoms with E-state index >= 15 is 0 Å². The van der Waals surface area contributed by atoms with Crippen molar-refractivity contribution in [3.05, 3.63) is 57.9 Å². The first-order valence-corrected chi connectivity index (χ1v) is 11.4. The molecule has 1 aliphatic rings. The number of methoxy groups -OCH3 is 1. The second-order valence-electron chi connectivity index (χ2n) is 7.69. The van der Waals surface area contributed by atoms with Crippen molar-refractivity contribution in [1.29, 1.82) is 0 Å². The van der Waals surface area contributed by atoms with Gasteiger partial charge < -0.3 is 9.64 Å². The predicted molar refractivity (Wildman–Crippen MR) is 116 cm³/mol. The average Bonchev–Trinajstić information content (AvgIpc) is 2.77. The highest BCUT2D eigenvalue weighted by molar-refractivity contribution is 7.89. The fourth-order valence-corrected chi connectivity index (χ4v) is 5.76. The van der Waals surface area contributed by atoms with Crippen molar-refractivity contribution < 1.29 is 22.7 Å². The van der Waals surface area contributed by atoms with Crippen LogP contribution in [0.1, 0.15) is 43.2 Å². The molecule has 1 aliphatic heterocycles. The summed E-state index contributed by atoms with van der Waals surface area (Å²) in [6.45, 7) is 8.34. The van der Waals surface area contributed by atoms with E-state index < -0.39 is 16.0 Å². The number of hydrogen-bond acceptors (Lipinski definition) is 6. The zero-order valence-corrected chi connectivity index (χ0v) is 19.2. The molecule has 31 heavy (non-hydrogen) atoms. The van der Waals surface area contributed by atoms with Crippen molar-refractivity contribution in [1.82, 2.24) is 14.2 Å². The van der Waals surface area contributed by atoms with Gasteiger partial charge in [0.1, 0.15) is 11.4 Å². The first-order valence-electron chi connectivity index (χ1n) is 10.00. The Balaban J connectivity index is 1.78. The second kappa shape index (κ2) is 8.76. The number of sulfonamides is 1. The molecule has 9 heteroatoms.